The molecule has 4 heteroatoms. The molecule has 2 aliphatic heterocycles. The molecule has 0 spiro atoms. The molecule has 0 saturated carbocycles. The molecule has 0 bridgehead atoms. The van der Waals surface area contributed by atoms with Crippen molar-refractivity contribution < 1.29 is 19.7 Å². The fraction of sp³-hybridized carbons (Fsp3) is 0.300. The van der Waals surface area contributed by atoms with Gasteiger partial charge in [0.25, 0.3) is 0 Å². The summed E-state index contributed by atoms with van der Waals surface area (Å²) in [5, 5.41) is 24.5. The molecule has 2 unspecified atom stereocenters. The summed E-state index contributed by atoms with van der Waals surface area (Å²) in [6.45, 7) is 1.56. The van der Waals surface area contributed by atoms with E-state index in [-0.39, 0.29) is 23.7 Å². The molecular formula is C20H18O4. The maximum Gasteiger partial charge on any atom is 0.131 e. The molecule has 2 saturated heterocycles. The van der Waals surface area contributed by atoms with Crippen molar-refractivity contribution in [3.05, 3.63) is 47.5 Å². The molecule has 0 radical (unpaired) electrons. The summed E-state index contributed by atoms with van der Waals surface area (Å²) < 4.78 is 10.8. The molecule has 122 valence electrons. The Hall–Kier alpha value is -2.30. The summed E-state index contributed by atoms with van der Waals surface area (Å²) in [4.78, 5) is 0. The Balaban J connectivity index is 1.82. The van der Waals surface area contributed by atoms with Crippen molar-refractivity contribution in [3.63, 3.8) is 0 Å². The molecule has 24 heavy (non-hydrogen) atoms. The Kier molecular flexibility index (Phi) is 2.99. The zero-order valence-electron chi connectivity index (χ0n) is 13.2. The number of hydrogen-bond donors (Lipinski definition) is 2. The minimum absolute atomic E-state index is 0.211. The Bertz CT molecular complexity index is 955. The van der Waals surface area contributed by atoms with Gasteiger partial charge in [0.2, 0.25) is 0 Å². The van der Waals surface area contributed by atoms with Crippen molar-refractivity contribution in [1.29, 1.82) is 0 Å². The highest BCUT2D eigenvalue weighted by atomic mass is 16.6. The Morgan fingerprint density at radius 1 is 0.792 bits per heavy atom. The molecule has 2 fully saturated rings. The van der Waals surface area contributed by atoms with E-state index in [2.05, 4.69) is 6.07 Å². The highest BCUT2D eigenvalue weighted by Gasteiger charge is 2.29. The number of phenolic OH excluding ortho intramolecular Hbond substituents is 2. The van der Waals surface area contributed by atoms with E-state index < -0.39 is 0 Å². The number of aromatic hydroxyl groups is 2. The summed E-state index contributed by atoms with van der Waals surface area (Å²) in [6.07, 6.45) is 2.08. The van der Waals surface area contributed by atoms with Gasteiger partial charge in [0.15, 0.2) is 0 Å². The SMILES string of the molecule is Oc1c2ccccc2c(O)c2c(CC3CO3)c(CC3CO3)ccc12. The number of hydrogen-bond acceptors (Lipinski definition) is 4. The number of phenols is 2. The Morgan fingerprint density at radius 3 is 2.08 bits per heavy atom. The number of epoxide rings is 2. The average molecular weight is 322 g/mol. The van der Waals surface area contributed by atoms with Gasteiger partial charge in [0.1, 0.15) is 11.5 Å². The first-order valence-corrected chi connectivity index (χ1v) is 8.32. The average Bonchev–Trinajstić information content (AvgIpc) is 3.50. The molecule has 5 rings (SSSR count). The second kappa shape index (κ2) is 5.10. The van der Waals surface area contributed by atoms with E-state index >= 15 is 0 Å². The third-order valence-electron chi connectivity index (χ3n) is 5.02. The van der Waals surface area contributed by atoms with Crippen LogP contribution in [0.4, 0.5) is 0 Å². The van der Waals surface area contributed by atoms with Gasteiger partial charge in [-0.15, -0.1) is 0 Å². The van der Waals surface area contributed by atoms with E-state index in [4.69, 9.17) is 9.47 Å². The van der Waals surface area contributed by atoms with Crippen molar-refractivity contribution in [1.82, 2.24) is 0 Å². The number of rotatable bonds is 4. The van der Waals surface area contributed by atoms with Gasteiger partial charge in [-0.2, -0.15) is 0 Å². The van der Waals surface area contributed by atoms with Gasteiger partial charge in [-0.1, -0.05) is 36.4 Å². The van der Waals surface area contributed by atoms with Crippen LogP contribution in [0.3, 0.4) is 0 Å². The highest BCUT2D eigenvalue weighted by molar-refractivity contribution is 6.11. The predicted molar refractivity (Wildman–Crippen MR) is 91.7 cm³/mol. The molecule has 2 heterocycles. The number of fused-ring (bicyclic) bond motifs is 2. The molecule has 2 N–H and O–H groups in total. The van der Waals surface area contributed by atoms with E-state index in [1.54, 1.807) is 0 Å². The standard InChI is InChI=1S/C20H18O4/c21-19-14-3-1-2-4-15(14)20(22)18-16(19)6-5-11(7-12-9-23-12)17(18)8-13-10-24-13/h1-6,12-13,21-22H,7-10H2. The van der Waals surface area contributed by atoms with Crippen LogP contribution in [0.1, 0.15) is 11.1 Å². The summed E-state index contributed by atoms with van der Waals surface area (Å²) >= 11 is 0. The van der Waals surface area contributed by atoms with Gasteiger partial charge in [-0.05, 0) is 11.1 Å². The molecule has 0 amide bonds. The molecule has 0 aromatic heterocycles. The van der Waals surface area contributed by atoms with Crippen LogP contribution in [0.25, 0.3) is 21.5 Å². The summed E-state index contributed by atoms with van der Waals surface area (Å²) in [6, 6.07) is 11.4. The highest BCUT2D eigenvalue weighted by Crippen LogP contribution is 2.44. The summed E-state index contributed by atoms with van der Waals surface area (Å²) in [5.74, 6) is 0.471. The largest absolute Gasteiger partial charge is 0.507 e. The molecular weight excluding hydrogens is 304 g/mol. The van der Waals surface area contributed by atoms with Gasteiger partial charge in [0, 0.05) is 34.4 Å². The number of ether oxygens (including phenoxy) is 2. The third kappa shape index (κ3) is 2.22. The minimum atomic E-state index is 0.211. The van der Waals surface area contributed by atoms with Crippen LogP contribution in [0, 0.1) is 0 Å². The van der Waals surface area contributed by atoms with Crippen LogP contribution in [-0.2, 0) is 22.3 Å². The fourth-order valence-corrected chi connectivity index (χ4v) is 3.60. The van der Waals surface area contributed by atoms with Crippen LogP contribution < -0.4 is 0 Å². The molecule has 0 aliphatic carbocycles. The second-order valence-electron chi connectivity index (χ2n) is 6.69. The summed E-state index contributed by atoms with van der Waals surface area (Å²) in [5.41, 5.74) is 2.24. The lowest BCUT2D eigenvalue weighted by atomic mass is 9.90. The van der Waals surface area contributed by atoms with Crippen molar-refractivity contribution in [2.75, 3.05) is 13.2 Å². The molecule has 3 aromatic carbocycles. The predicted octanol–water partition coefficient (Wildman–Crippen LogP) is 3.29. The van der Waals surface area contributed by atoms with E-state index in [9.17, 15) is 10.2 Å². The lowest BCUT2D eigenvalue weighted by Crippen LogP contribution is -2.04. The number of benzene rings is 3. The quantitative estimate of drug-likeness (QED) is 0.439. The molecule has 2 atom stereocenters. The normalized spacial score (nSPS) is 22.2. The van der Waals surface area contributed by atoms with Crippen molar-refractivity contribution >= 4 is 21.5 Å². The maximum atomic E-state index is 10.9. The fourth-order valence-electron chi connectivity index (χ4n) is 3.60. The van der Waals surface area contributed by atoms with E-state index in [0.717, 1.165) is 37.0 Å². The Morgan fingerprint density at radius 2 is 1.42 bits per heavy atom. The third-order valence-corrected chi connectivity index (χ3v) is 5.02. The molecule has 3 aromatic rings. The lowest BCUT2D eigenvalue weighted by Gasteiger charge is -2.16. The first-order valence-electron chi connectivity index (χ1n) is 8.32. The van der Waals surface area contributed by atoms with Gasteiger partial charge < -0.3 is 19.7 Å². The van der Waals surface area contributed by atoms with Gasteiger partial charge in [-0.25, -0.2) is 0 Å². The Labute approximate surface area is 139 Å². The van der Waals surface area contributed by atoms with E-state index in [1.807, 2.05) is 30.3 Å². The van der Waals surface area contributed by atoms with Crippen molar-refractivity contribution in [3.8, 4) is 11.5 Å². The zero-order chi connectivity index (χ0) is 16.3. The van der Waals surface area contributed by atoms with E-state index in [0.29, 0.717) is 16.2 Å². The second-order valence-corrected chi connectivity index (χ2v) is 6.69. The maximum absolute atomic E-state index is 10.9. The first-order chi connectivity index (χ1) is 11.7. The van der Waals surface area contributed by atoms with Crippen LogP contribution in [0.5, 0.6) is 11.5 Å². The van der Waals surface area contributed by atoms with E-state index in [1.165, 1.54) is 5.56 Å². The summed E-state index contributed by atoms with van der Waals surface area (Å²) in [7, 11) is 0. The van der Waals surface area contributed by atoms with Gasteiger partial charge in [-0.3, -0.25) is 0 Å². The topological polar surface area (TPSA) is 65.5 Å². The van der Waals surface area contributed by atoms with Crippen molar-refractivity contribution in [2.24, 2.45) is 0 Å². The van der Waals surface area contributed by atoms with Crippen LogP contribution in [0.15, 0.2) is 36.4 Å². The van der Waals surface area contributed by atoms with Gasteiger partial charge >= 0.3 is 0 Å². The van der Waals surface area contributed by atoms with Crippen molar-refractivity contribution in [2.45, 2.75) is 25.0 Å². The van der Waals surface area contributed by atoms with Crippen LogP contribution in [-0.4, -0.2) is 35.6 Å². The molecule has 2 aliphatic rings. The van der Waals surface area contributed by atoms with Gasteiger partial charge in [0.05, 0.1) is 25.4 Å². The van der Waals surface area contributed by atoms with Crippen LogP contribution in [0.2, 0.25) is 0 Å². The van der Waals surface area contributed by atoms with Crippen LogP contribution >= 0.6 is 0 Å². The first kappa shape index (κ1) is 14.1. The minimum Gasteiger partial charge on any atom is -0.507 e. The molecule has 4 nitrogen and oxygen atoms in total. The monoisotopic (exact) mass is 322 g/mol. The zero-order valence-corrected chi connectivity index (χ0v) is 13.2. The lowest BCUT2D eigenvalue weighted by molar-refractivity contribution is 0.402. The smallest absolute Gasteiger partial charge is 0.131 e.